The largest absolute Gasteiger partial charge is 0.507 e. The van der Waals surface area contributed by atoms with Crippen molar-refractivity contribution in [2.45, 2.75) is 38.8 Å². The number of ketones is 1. The number of allylic oxidation sites excluding steroid dienone is 1. The number of pyridine rings is 1. The fourth-order valence-corrected chi connectivity index (χ4v) is 5.17. The highest BCUT2D eigenvalue weighted by molar-refractivity contribution is 6.15. The fourth-order valence-electron chi connectivity index (χ4n) is 5.17. The van der Waals surface area contributed by atoms with E-state index in [1.54, 1.807) is 25.3 Å². The quantitative estimate of drug-likeness (QED) is 0.527. The summed E-state index contributed by atoms with van der Waals surface area (Å²) < 4.78 is 16.7. The average Bonchev–Trinajstić information content (AvgIpc) is 3.48. The number of Topliss-reactive ketones (excluding diaryl/α,β-unsaturated/α-hetero) is 1. The molecule has 0 amide bonds. The summed E-state index contributed by atoms with van der Waals surface area (Å²) >= 11 is 0. The summed E-state index contributed by atoms with van der Waals surface area (Å²) in [6, 6.07) is 11.6. The van der Waals surface area contributed by atoms with Crippen LogP contribution < -0.4 is 14.2 Å². The van der Waals surface area contributed by atoms with Crippen molar-refractivity contribution < 1.29 is 24.1 Å². The Morgan fingerprint density at radius 2 is 2.06 bits per heavy atom. The Labute approximate surface area is 203 Å². The molecular weight excluding hydrogens is 444 g/mol. The van der Waals surface area contributed by atoms with Crippen LogP contribution in [0.2, 0.25) is 0 Å². The first-order valence-corrected chi connectivity index (χ1v) is 11.9. The zero-order valence-corrected chi connectivity index (χ0v) is 19.5. The van der Waals surface area contributed by atoms with E-state index < -0.39 is 0 Å². The van der Waals surface area contributed by atoms with Crippen LogP contribution in [0.25, 0.3) is 6.08 Å². The van der Waals surface area contributed by atoms with Crippen molar-refractivity contribution >= 4 is 11.9 Å². The number of aromatic nitrogens is 1. The van der Waals surface area contributed by atoms with Crippen LogP contribution in [0.3, 0.4) is 0 Å². The van der Waals surface area contributed by atoms with Gasteiger partial charge in [0.05, 0.1) is 5.56 Å². The number of phenols is 1. The van der Waals surface area contributed by atoms with Crippen molar-refractivity contribution in [1.82, 2.24) is 9.88 Å². The number of carbonyl (C=O) groups is 1. The van der Waals surface area contributed by atoms with E-state index in [4.69, 9.17) is 14.2 Å². The molecule has 7 nitrogen and oxygen atoms in total. The number of ether oxygens (including phenoxy) is 3. The summed E-state index contributed by atoms with van der Waals surface area (Å²) in [5, 5.41) is 11.0. The van der Waals surface area contributed by atoms with Gasteiger partial charge in [0.2, 0.25) is 12.6 Å². The third-order valence-corrected chi connectivity index (χ3v) is 6.99. The molecule has 1 saturated heterocycles. The van der Waals surface area contributed by atoms with Crippen molar-refractivity contribution in [2.75, 3.05) is 13.3 Å². The second kappa shape index (κ2) is 8.74. The van der Waals surface area contributed by atoms with E-state index in [1.165, 1.54) is 5.56 Å². The van der Waals surface area contributed by atoms with Crippen molar-refractivity contribution in [3.05, 3.63) is 82.4 Å². The molecule has 6 rings (SSSR count). The van der Waals surface area contributed by atoms with Gasteiger partial charge in [0.1, 0.15) is 11.5 Å². The minimum Gasteiger partial charge on any atom is -0.507 e. The van der Waals surface area contributed by atoms with Gasteiger partial charge in [-0.1, -0.05) is 18.6 Å². The smallest absolute Gasteiger partial charge is 0.231 e. The normalized spacial score (nSPS) is 20.2. The second-order valence-electron chi connectivity index (χ2n) is 9.21. The Hall–Kier alpha value is -3.84. The van der Waals surface area contributed by atoms with Crippen LogP contribution >= 0.6 is 0 Å². The third kappa shape index (κ3) is 3.91. The number of hydrogen-bond donors (Lipinski definition) is 1. The van der Waals surface area contributed by atoms with Crippen molar-refractivity contribution in [1.29, 1.82) is 0 Å². The molecule has 0 saturated carbocycles. The number of rotatable bonds is 4. The van der Waals surface area contributed by atoms with Crippen LogP contribution in [0, 0.1) is 6.92 Å². The summed E-state index contributed by atoms with van der Waals surface area (Å²) in [6.07, 6.45) is 8.70. The first kappa shape index (κ1) is 21.7. The van der Waals surface area contributed by atoms with Gasteiger partial charge in [-0.15, -0.1) is 0 Å². The molecule has 3 aromatic rings. The summed E-state index contributed by atoms with van der Waals surface area (Å²) in [7, 11) is 0. The number of likely N-dealkylation sites (tertiary alicyclic amines) is 1. The molecule has 0 aliphatic carbocycles. The molecule has 1 aromatic heterocycles. The number of phenolic OH excluding ortho intramolecular Hbond substituents is 1. The number of carbonyl (C=O) groups excluding carboxylic acids is 1. The molecule has 1 fully saturated rings. The van der Waals surface area contributed by atoms with Gasteiger partial charge in [0.25, 0.3) is 0 Å². The lowest BCUT2D eigenvalue weighted by Crippen LogP contribution is -2.33. The number of aromatic hydroxyl groups is 1. The van der Waals surface area contributed by atoms with Crippen molar-refractivity contribution in [2.24, 2.45) is 0 Å². The molecule has 35 heavy (non-hydrogen) atoms. The summed E-state index contributed by atoms with van der Waals surface area (Å²) in [5.74, 6) is 1.96. The predicted octanol–water partition coefficient (Wildman–Crippen LogP) is 5.17. The maximum atomic E-state index is 13.3. The molecule has 7 heteroatoms. The van der Waals surface area contributed by atoms with Gasteiger partial charge in [-0.3, -0.25) is 14.7 Å². The van der Waals surface area contributed by atoms with Crippen LogP contribution in [0.15, 0.2) is 54.6 Å². The summed E-state index contributed by atoms with van der Waals surface area (Å²) in [4.78, 5) is 19.9. The van der Waals surface area contributed by atoms with Gasteiger partial charge < -0.3 is 19.3 Å². The van der Waals surface area contributed by atoms with Crippen molar-refractivity contribution in [3.63, 3.8) is 0 Å². The number of nitrogens with zero attached hydrogens (tertiary/aromatic N) is 2. The number of benzene rings is 2. The first-order chi connectivity index (χ1) is 17.1. The highest BCUT2D eigenvalue weighted by atomic mass is 16.7. The van der Waals surface area contributed by atoms with Crippen molar-refractivity contribution in [3.8, 4) is 23.0 Å². The van der Waals surface area contributed by atoms with Gasteiger partial charge in [-0.05, 0) is 67.8 Å². The Bertz CT molecular complexity index is 1330. The summed E-state index contributed by atoms with van der Waals surface area (Å²) in [5.41, 5.74) is 3.75. The van der Waals surface area contributed by atoms with Gasteiger partial charge in [-0.2, -0.15) is 0 Å². The molecule has 3 aliphatic rings. The number of fused-ring (bicyclic) bond motifs is 2. The van der Waals surface area contributed by atoms with Crippen LogP contribution in [0.5, 0.6) is 23.0 Å². The van der Waals surface area contributed by atoms with Gasteiger partial charge in [-0.25, -0.2) is 0 Å². The lowest BCUT2D eigenvalue weighted by atomic mass is 9.94. The predicted molar refractivity (Wildman–Crippen MR) is 130 cm³/mol. The molecule has 3 aliphatic heterocycles. The number of hydrogen-bond acceptors (Lipinski definition) is 7. The number of piperidine rings is 1. The molecule has 0 bridgehead atoms. The molecule has 0 spiro atoms. The monoisotopic (exact) mass is 470 g/mol. The van der Waals surface area contributed by atoms with Crippen LogP contribution in [-0.4, -0.2) is 34.1 Å². The maximum absolute atomic E-state index is 13.3. The molecule has 2 aromatic carbocycles. The Balaban J connectivity index is 1.29. The highest BCUT2D eigenvalue weighted by Gasteiger charge is 2.33. The zero-order chi connectivity index (χ0) is 23.9. The minimum absolute atomic E-state index is 0.177. The summed E-state index contributed by atoms with van der Waals surface area (Å²) in [6.45, 7) is 3.46. The van der Waals surface area contributed by atoms with E-state index in [2.05, 4.69) is 16.0 Å². The average molecular weight is 471 g/mol. The van der Waals surface area contributed by atoms with E-state index >= 15 is 0 Å². The molecule has 0 unspecified atom stereocenters. The standard InChI is InChI=1S/C28H26N2O5/c1-17-26(31)20(15-30-10-3-2-6-22(30)19-5-4-9-29-14-19)13-21-27(32)25(35-28(17)21)12-18-7-8-23-24(11-18)34-16-33-23/h4-5,7-9,11-14,22,31H,2-3,6,10,15-16H2,1H3/b25-12-/t22-/m0/s1. The van der Waals surface area contributed by atoms with Crippen LogP contribution in [0.4, 0.5) is 0 Å². The lowest BCUT2D eigenvalue weighted by molar-refractivity contribution is 0.101. The van der Waals surface area contributed by atoms with Gasteiger partial charge in [0.15, 0.2) is 17.3 Å². The molecule has 1 N–H and O–H groups in total. The van der Waals surface area contributed by atoms with Crippen LogP contribution in [0.1, 0.15) is 57.9 Å². The van der Waals surface area contributed by atoms with E-state index in [1.807, 2.05) is 30.5 Å². The third-order valence-electron chi connectivity index (χ3n) is 6.99. The molecule has 178 valence electrons. The molecular formula is C28H26N2O5. The highest BCUT2D eigenvalue weighted by Crippen LogP contribution is 2.43. The zero-order valence-electron chi connectivity index (χ0n) is 19.5. The Kier molecular flexibility index (Phi) is 5.41. The van der Waals surface area contributed by atoms with E-state index in [0.717, 1.165) is 36.9 Å². The van der Waals surface area contributed by atoms with Gasteiger partial charge >= 0.3 is 0 Å². The fraction of sp³-hybridized carbons (Fsp3) is 0.286. The Morgan fingerprint density at radius 1 is 1.17 bits per heavy atom. The minimum atomic E-state index is -0.190. The first-order valence-electron chi connectivity index (χ1n) is 11.9. The lowest BCUT2D eigenvalue weighted by Gasteiger charge is -2.36. The van der Waals surface area contributed by atoms with Gasteiger partial charge in [0, 0.05) is 36.1 Å². The van der Waals surface area contributed by atoms with E-state index in [0.29, 0.717) is 34.9 Å². The second-order valence-corrected chi connectivity index (χ2v) is 9.21. The Morgan fingerprint density at radius 3 is 2.91 bits per heavy atom. The van der Waals surface area contributed by atoms with E-state index in [-0.39, 0.29) is 30.1 Å². The topological polar surface area (TPSA) is 81.1 Å². The van der Waals surface area contributed by atoms with Crippen LogP contribution in [-0.2, 0) is 6.54 Å². The van der Waals surface area contributed by atoms with E-state index in [9.17, 15) is 9.90 Å². The molecule has 0 radical (unpaired) electrons. The molecule has 1 atom stereocenters. The maximum Gasteiger partial charge on any atom is 0.231 e. The SMILES string of the molecule is Cc1c(O)c(CN2CCCC[C@H]2c2cccnc2)cc2c1O/C(=C\c1ccc3c(c1)OCO3)C2=O. The molecule has 4 heterocycles.